The summed E-state index contributed by atoms with van der Waals surface area (Å²) in [7, 11) is 1.26. The Hall–Kier alpha value is -4.61. The number of hydrogen-bond donors (Lipinski definition) is 4. The van der Waals surface area contributed by atoms with Crippen molar-refractivity contribution in [3.05, 3.63) is 69.0 Å². The molecule has 1 aromatic carbocycles. The quantitative estimate of drug-likeness (QED) is 0.0789. The van der Waals surface area contributed by atoms with Gasteiger partial charge in [0.1, 0.15) is 40.1 Å². The van der Waals surface area contributed by atoms with Crippen LogP contribution in [0.4, 0.5) is 10.9 Å². The number of carbonyl (C=O) groups is 3. The van der Waals surface area contributed by atoms with Gasteiger partial charge in [-0.05, 0) is 24.8 Å². The fourth-order valence-electron chi connectivity index (χ4n) is 6.84. The molecule has 262 valence electrons. The van der Waals surface area contributed by atoms with Crippen LogP contribution in [0.1, 0.15) is 36.1 Å². The van der Waals surface area contributed by atoms with E-state index in [0.717, 1.165) is 67.3 Å². The Morgan fingerprint density at radius 1 is 1.18 bits per heavy atom. The topological polar surface area (TPSA) is 186 Å². The van der Waals surface area contributed by atoms with Gasteiger partial charge < -0.3 is 30.8 Å². The number of halogens is 1. The number of amides is 2. The lowest BCUT2D eigenvalue weighted by Crippen LogP contribution is -2.71. The zero-order valence-corrected chi connectivity index (χ0v) is 29.6. The number of oxime groups is 1. The zero-order chi connectivity index (χ0) is 35.1. The van der Waals surface area contributed by atoms with E-state index >= 15 is 0 Å². The number of rotatable bonds is 10. The molecule has 2 amide bonds. The van der Waals surface area contributed by atoms with E-state index in [0.29, 0.717) is 23.7 Å². The number of nitrogens with two attached hydrogens (primary N) is 1. The Morgan fingerprint density at radius 3 is 2.62 bits per heavy atom. The third-order valence-electron chi connectivity index (χ3n) is 9.26. The van der Waals surface area contributed by atoms with Crippen molar-refractivity contribution in [2.24, 2.45) is 5.16 Å². The number of aromatic nitrogens is 3. The number of carboxylic acid groups (broad SMARTS) is 1. The monoisotopic (exact) mass is 739 g/mol. The molecular weight excluding hydrogens is 704 g/mol. The highest BCUT2D eigenvalue weighted by atomic mass is 35.5. The predicted molar refractivity (Wildman–Crippen MR) is 189 cm³/mol. The molecule has 15 nitrogen and oxygen atoms in total. The average Bonchev–Trinajstić information content (AvgIpc) is 3.81. The number of piperidine rings is 1. The van der Waals surface area contributed by atoms with E-state index in [2.05, 4.69) is 42.1 Å². The Bertz CT molecular complexity index is 1920. The molecular formula is C32H36ClN10O5S2+. The Morgan fingerprint density at radius 2 is 1.94 bits per heavy atom. The number of amidine groups is 1. The van der Waals surface area contributed by atoms with Crippen molar-refractivity contribution in [3.63, 3.8) is 0 Å². The summed E-state index contributed by atoms with van der Waals surface area (Å²) in [6.07, 6.45) is 5.43. The number of thiazole rings is 1. The van der Waals surface area contributed by atoms with Crippen molar-refractivity contribution in [3.8, 4) is 0 Å². The zero-order valence-electron chi connectivity index (χ0n) is 27.2. The lowest BCUT2D eigenvalue weighted by molar-refractivity contribution is -0.766. The molecule has 0 aliphatic carbocycles. The normalized spacial score (nSPS) is 20.4. The van der Waals surface area contributed by atoms with Gasteiger partial charge in [-0.25, -0.2) is 9.78 Å². The molecule has 2 fully saturated rings. The molecule has 0 unspecified atom stereocenters. The number of carboxylic acids is 1. The highest BCUT2D eigenvalue weighted by molar-refractivity contribution is 8.00. The molecule has 7 rings (SSSR count). The van der Waals surface area contributed by atoms with Gasteiger partial charge in [0.2, 0.25) is 0 Å². The van der Waals surface area contributed by atoms with Crippen LogP contribution in [-0.4, -0.2) is 97.8 Å². The number of nitrogens with zero attached hydrogens (tertiary/aromatic N) is 7. The number of thioether (sulfide) groups is 1. The molecule has 2 saturated heterocycles. The van der Waals surface area contributed by atoms with Crippen LogP contribution in [0.3, 0.4) is 0 Å². The van der Waals surface area contributed by atoms with Crippen LogP contribution in [0.5, 0.6) is 0 Å². The predicted octanol–water partition coefficient (Wildman–Crippen LogP) is 2.09. The first-order valence-corrected chi connectivity index (χ1v) is 18.4. The summed E-state index contributed by atoms with van der Waals surface area (Å²) in [5, 5.41) is 24.8. The number of fused-ring (bicyclic) bond motifs is 2. The Balaban J connectivity index is 1.02. The average molecular weight is 740 g/mol. The van der Waals surface area contributed by atoms with Gasteiger partial charge in [-0.2, -0.15) is 0 Å². The van der Waals surface area contributed by atoms with Gasteiger partial charge in [-0.15, -0.1) is 21.1 Å². The number of aliphatic carboxylic acids is 1. The van der Waals surface area contributed by atoms with E-state index in [1.165, 1.54) is 30.2 Å². The molecule has 4 aliphatic rings. The number of nitrogen functional groups attached to an aromatic ring is 1. The number of benzene rings is 1. The molecule has 0 saturated carbocycles. The Labute approximate surface area is 300 Å². The summed E-state index contributed by atoms with van der Waals surface area (Å²) >= 11 is 8.53. The van der Waals surface area contributed by atoms with Gasteiger partial charge in [0.25, 0.3) is 11.8 Å². The highest BCUT2D eigenvalue weighted by Gasteiger charge is 2.55. The molecule has 0 bridgehead atoms. The van der Waals surface area contributed by atoms with Crippen LogP contribution >= 0.6 is 34.7 Å². The molecule has 0 spiro atoms. The van der Waals surface area contributed by atoms with Gasteiger partial charge in [0, 0.05) is 43.1 Å². The second kappa shape index (κ2) is 14.0. The van der Waals surface area contributed by atoms with Gasteiger partial charge >= 0.3 is 5.97 Å². The fourth-order valence-corrected chi connectivity index (χ4v) is 9.10. The van der Waals surface area contributed by atoms with Crippen molar-refractivity contribution >= 4 is 75.0 Å². The molecule has 6 heterocycles. The third-order valence-corrected chi connectivity index (χ3v) is 11.7. The van der Waals surface area contributed by atoms with Crippen molar-refractivity contribution in [1.29, 1.82) is 5.41 Å². The van der Waals surface area contributed by atoms with Gasteiger partial charge in [0.15, 0.2) is 29.4 Å². The SMILES string of the molecule is CO/N=C(\C(=O)N[C@@H]1C(=O)N2C(C(=O)O)=C(C[n+]3ccc4n3CCN4Cc3ccc(C(=N)N4CCCCC4)cc3)CS[C@H]12)c1nc(N)sc1Cl. The summed E-state index contributed by atoms with van der Waals surface area (Å²) in [5.74, 6) is -0.537. The largest absolute Gasteiger partial charge is 0.477 e. The fraction of sp³-hybridized carbons (Fsp3) is 0.406. The second-order valence-corrected chi connectivity index (χ2v) is 15.1. The van der Waals surface area contributed by atoms with Crippen molar-refractivity contribution in [2.45, 2.75) is 50.3 Å². The maximum absolute atomic E-state index is 13.4. The smallest absolute Gasteiger partial charge is 0.352 e. The van der Waals surface area contributed by atoms with Crippen LogP contribution in [0.25, 0.3) is 0 Å². The number of likely N-dealkylation sites (tertiary alicyclic amines) is 1. The van der Waals surface area contributed by atoms with E-state index in [-0.39, 0.29) is 33.1 Å². The van der Waals surface area contributed by atoms with Crippen LogP contribution in [0, 0.1) is 5.41 Å². The molecule has 3 aromatic rings. The molecule has 18 heteroatoms. The minimum atomic E-state index is -1.21. The highest BCUT2D eigenvalue weighted by Crippen LogP contribution is 2.40. The maximum Gasteiger partial charge on any atom is 0.352 e. The van der Waals surface area contributed by atoms with E-state index in [1.807, 2.05) is 29.1 Å². The van der Waals surface area contributed by atoms with Crippen molar-refractivity contribution in [2.75, 3.05) is 43.1 Å². The first kappa shape index (κ1) is 33.9. The lowest BCUT2D eigenvalue weighted by atomic mass is 10.0. The summed E-state index contributed by atoms with van der Waals surface area (Å²) in [6.45, 7) is 4.39. The maximum atomic E-state index is 13.4. The minimum absolute atomic E-state index is 0.0275. The van der Waals surface area contributed by atoms with Gasteiger partial charge in [0.05, 0.1) is 12.6 Å². The van der Waals surface area contributed by atoms with Crippen molar-refractivity contribution < 1.29 is 29.0 Å². The van der Waals surface area contributed by atoms with Crippen LogP contribution in [0.2, 0.25) is 4.34 Å². The van der Waals surface area contributed by atoms with Crippen LogP contribution < -0.4 is 20.6 Å². The standard InChI is InChI=1S/C32H35ClN10O5S2/c1-48-38-23(22-26(33)50-32(35)37-22)28(44)36-24-29(45)43-25(31(46)47)20(17-49-30(24)43)16-41-12-9-21-40(13-14-42(21)41)15-18-5-7-19(8-6-18)27(34)39-10-3-2-4-11-39/h5-9,12,24,30,34H,2-4,10-11,13-17H2,1H3,(H3-,35,36,37,44,46,47)/p+1/b34-27?,38-23-/t24-,30-/m1/s1. The molecule has 2 atom stereocenters. The molecule has 0 radical (unpaired) electrons. The second-order valence-electron chi connectivity index (χ2n) is 12.3. The molecule has 5 N–H and O–H groups in total. The first-order chi connectivity index (χ1) is 24.1. The lowest BCUT2D eigenvalue weighted by Gasteiger charge is -2.49. The molecule has 2 aromatic heterocycles. The number of carbonyl (C=O) groups excluding carboxylic acids is 2. The van der Waals surface area contributed by atoms with E-state index in [4.69, 9.17) is 27.6 Å². The van der Waals surface area contributed by atoms with Gasteiger partial charge in [-0.1, -0.05) is 52.4 Å². The number of β-lactam (4-membered cyclic amide) rings is 1. The summed E-state index contributed by atoms with van der Waals surface area (Å²) in [4.78, 5) is 53.6. The van der Waals surface area contributed by atoms with E-state index < -0.39 is 29.2 Å². The summed E-state index contributed by atoms with van der Waals surface area (Å²) < 4.78 is 4.25. The van der Waals surface area contributed by atoms with Gasteiger partial charge in [-0.3, -0.25) is 19.9 Å². The number of hydrogen-bond acceptors (Lipinski definition) is 11. The first-order valence-electron chi connectivity index (χ1n) is 16.2. The van der Waals surface area contributed by atoms with Crippen LogP contribution in [-0.2, 0) is 38.9 Å². The summed E-state index contributed by atoms with van der Waals surface area (Å²) in [6, 6.07) is 9.27. The van der Waals surface area contributed by atoms with E-state index in [1.54, 1.807) is 0 Å². The van der Waals surface area contributed by atoms with Crippen molar-refractivity contribution in [1.82, 2.24) is 24.8 Å². The van der Waals surface area contributed by atoms with E-state index in [9.17, 15) is 19.5 Å². The summed E-state index contributed by atoms with van der Waals surface area (Å²) in [5.41, 5.74) is 8.11. The molecule has 50 heavy (non-hydrogen) atoms. The van der Waals surface area contributed by atoms with Crippen LogP contribution in [0.15, 0.2) is 53.0 Å². The molecule has 4 aliphatic heterocycles. The minimum Gasteiger partial charge on any atom is -0.477 e. The number of nitrogens with one attached hydrogen (secondary N) is 2. The third kappa shape index (κ3) is 6.28. The number of anilines is 2. The Kier molecular flexibility index (Phi) is 9.45.